The van der Waals surface area contributed by atoms with Gasteiger partial charge in [0, 0.05) is 5.39 Å². The summed E-state index contributed by atoms with van der Waals surface area (Å²) in [5, 5.41) is 10.6. The number of phenolic OH excluding ortho intramolecular Hbond substituents is 1. The van der Waals surface area contributed by atoms with Gasteiger partial charge >= 0.3 is 6.09 Å². The first-order valence-electron chi connectivity index (χ1n) is 7.92. The number of fused-ring (bicyclic) bond motifs is 1. The van der Waals surface area contributed by atoms with E-state index in [9.17, 15) is 14.7 Å². The van der Waals surface area contributed by atoms with Gasteiger partial charge in [0.2, 0.25) is 0 Å². The Morgan fingerprint density at radius 2 is 1.84 bits per heavy atom. The number of phenols is 1. The molecule has 5 heteroatoms. The molecule has 0 amide bonds. The second kappa shape index (κ2) is 6.09. The lowest BCUT2D eigenvalue weighted by Crippen LogP contribution is -2.27. The molecule has 3 rings (SSSR count). The highest BCUT2D eigenvalue weighted by Gasteiger charge is 2.23. The Kier molecular flexibility index (Phi) is 4.08. The van der Waals surface area contributed by atoms with Crippen LogP contribution in [0.25, 0.3) is 22.2 Å². The Labute approximate surface area is 145 Å². The van der Waals surface area contributed by atoms with Crippen LogP contribution in [0, 0.1) is 0 Å². The van der Waals surface area contributed by atoms with Gasteiger partial charge in [-0.1, -0.05) is 18.2 Å². The van der Waals surface area contributed by atoms with Crippen LogP contribution in [0.15, 0.2) is 48.5 Å². The van der Waals surface area contributed by atoms with E-state index < -0.39 is 11.7 Å². The van der Waals surface area contributed by atoms with Gasteiger partial charge in [-0.2, -0.15) is 0 Å². The first-order chi connectivity index (χ1) is 11.8. The van der Waals surface area contributed by atoms with Crippen LogP contribution in [0.2, 0.25) is 0 Å². The van der Waals surface area contributed by atoms with E-state index in [1.54, 1.807) is 32.9 Å². The molecule has 25 heavy (non-hydrogen) atoms. The number of carbonyl (C=O) groups excluding carboxylic acids is 2. The van der Waals surface area contributed by atoms with Crippen molar-refractivity contribution >= 4 is 23.3 Å². The summed E-state index contributed by atoms with van der Waals surface area (Å²) in [5.41, 5.74) is 1.48. The third-order valence-electron chi connectivity index (χ3n) is 3.74. The van der Waals surface area contributed by atoms with Crippen LogP contribution in [0.3, 0.4) is 0 Å². The third-order valence-corrected chi connectivity index (χ3v) is 3.74. The molecule has 0 atom stereocenters. The van der Waals surface area contributed by atoms with Gasteiger partial charge < -0.3 is 9.84 Å². The number of aromatic hydroxyl groups is 1. The van der Waals surface area contributed by atoms with Crippen molar-refractivity contribution in [2.45, 2.75) is 26.4 Å². The van der Waals surface area contributed by atoms with E-state index in [-0.39, 0.29) is 11.3 Å². The number of aldehydes is 1. The van der Waals surface area contributed by atoms with Gasteiger partial charge in [0.15, 0.2) is 6.29 Å². The van der Waals surface area contributed by atoms with Crippen LogP contribution in [-0.2, 0) is 4.74 Å². The molecule has 3 aromatic rings. The molecule has 128 valence electrons. The summed E-state index contributed by atoms with van der Waals surface area (Å²) in [5.74, 6) is -0.0984. The van der Waals surface area contributed by atoms with E-state index in [0.29, 0.717) is 23.1 Å². The highest BCUT2D eigenvalue weighted by molar-refractivity contribution is 5.97. The highest BCUT2D eigenvalue weighted by atomic mass is 16.6. The van der Waals surface area contributed by atoms with Crippen molar-refractivity contribution in [3.63, 3.8) is 0 Å². The second-order valence-corrected chi connectivity index (χ2v) is 6.80. The van der Waals surface area contributed by atoms with Crippen LogP contribution < -0.4 is 0 Å². The lowest BCUT2D eigenvalue weighted by atomic mass is 10.1. The predicted molar refractivity (Wildman–Crippen MR) is 96.1 cm³/mol. The Morgan fingerprint density at radius 3 is 2.52 bits per heavy atom. The monoisotopic (exact) mass is 337 g/mol. The fourth-order valence-corrected chi connectivity index (χ4v) is 2.68. The van der Waals surface area contributed by atoms with Crippen LogP contribution in [-0.4, -0.2) is 27.7 Å². The molecule has 0 fully saturated rings. The molecule has 0 radical (unpaired) electrons. The quantitative estimate of drug-likeness (QED) is 0.693. The van der Waals surface area contributed by atoms with E-state index in [2.05, 4.69) is 0 Å². The van der Waals surface area contributed by atoms with Crippen molar-refractivity contribution in [3.8, 4) is 17.0 Å². The van der Waals surface area contributed by atoms with Crippen molar-refractivity contribution in [3.05, 3.63) is 54.1 Å². The van der Waals surface area contributed by atoms with Crippen LogP contribution in [0.4, 0.5) is 4.79 Å². The molecular weight excluding hydrogens is 318 g/mol. The lowest BCUT2D eigenvalue weighted by molar-refractivity contribution is 0.0547. The maximum Gasteiger partial charge on any atom is 0.419 e. The van der Waals surface area contributed by atoms with Crippen molar-refractivity contribution in [2.75, 3.05) is 0 Å². The number of carbonyl (C=O) groups is 2. The summed E-state index contributed by atoms with van der Waals surface area (Å²) < 4.78 is 7.03. The minimum absolute atomic E-state index is 0.0984. The fraction of sp³-hybridized carbons (Fsp3) is 0.200. The average molecular weight is 337 g/mol. The zero-order valence-electron chi connectivity index (χ0n) is 14.3. The third kappa shape index (κ3) is 3.26. The number of benzene rings is 2. The SMILES string of the molecule is CC(C)(C)OC(=O)n1c(-c2ccc(O)c(C=O)c2)cc2ccccc21. The van der Waals surface area contributed by atoms with E-state index >= 15 is 0 Å². The van der Waals surface area contributed by atoms with Gasteiger partial charge in [-0.15, -0.1) is 0 Å². The number of nitrogens with zero attached hydrogens (tertiary/aromatic N) is 1. The van der Waals surface area contributed by atoms with E-state index in [1.807, 2.05) is 30.3 Å². The number of para-hydroxylation sites is 1. The molecule has 0 aliphatic heterocycles. The maximum atomic E-state index is 12.8. The zero-order valence-corrected chi connectivity index (χ0v) is 14.3. The molecule has 2 aromatic carbocycles. The van der Waals surface area contributed by atoms with Crippen molar-refractivity contribution in [2.24, 2.45) is 0 Å². The van der Waals surface area contributed by atoms with Crippen LogP contribution in [0.1, 0.15) is 31.1 Å². The van der Waals surface area contributed by atoms with Gasteiger partial charge in [0.1, 0.15) is 11.4 Å². The molecular formula is C20H19NO4. The topological polar surface area (TPSA) is 68.5 Å². The molecule has 0 bridgehead atoms. The van der Waals surface area contributed by atoms with Gasteiger partial charge in [-0.05, 0) is 56.7 Å². The number of ether oxygens (including phenoxy) is 1. The minimum atomic E-state index is -0.636. The average Bonchev–Trinajstić information content (AvgIpc) is 2.93. The maximum absolute atomic E-state index is 12.8. The Balaban J connectivity index is 2.23. The Morgan fingerprint density at radius 1 is 1.12 bits per heavy atom. The van der Waals surface area contributed by atoms with Crippen LogP contribution in [0.5, 0.6) is 5.75 Å². The standard InChI is InChI=1S/C20H19NO4/c1-20(2,3)25-19(24)21-16-7-5-4-6-13(16)11-17(21)14-8-9-18(23)15(10-14)12-22/h4-12,23H,1-3H3. The molecule has 0 unspecified atom stereocenters. The Bertz CT molecular complexity index is 963. The lowest BCUT2D eigenvalue weighted by Gasteiger charge is -2.21. The number of hydrogen-bond donors (Lipinski definition) is 1. The van der Waals surface area contributed by atoms with Crippen molar-refractivity contribution < 1.29 is 19.4 Å². The highest BCUT2D eigenvalue weighted by Crippen LogP contribution is 2.31. The van der Waals surface area contributed by atoms with E-state index in [0.717, 1.165) is 5.39 Å². The molecule has 0 aliphatic carbocycles. The molecule has 1 N–H and O–H groups in total. The first-order valence-corrected chi connectivity index (χ1v) is 7.92. The van der Waals surface area contributed by atoms with E-state index in [1.165, 1.54) is 10.6 Å². The largest absolute Gasteiger partial charge is 0.507 e. The van der Waals surface area contributed by atoms with E-state index in [4.69, 9.17) is 4.74 Å². The summed E-state index contributed by atoms with van der Waals surface area (Å²) >= 11 is 0. The summed E-state index contributed by atoms with van der Waals surface area (Å²) in [7, 11) is 0. The van der Waals surface area contributed by atoms with Crippen molar-refractivity contribution in [1.29, 1.82) is 0 Å². The smallest absolute Gasteiger partial charge is 0.419 e. The molecule has 0 saturated carbocycles. The second-order valence-electron chi connectivity index (χ2n) is 6.80. The zero-order chi connectivity index (χ0) is 18.2. The van der Waals surface area contributed by atoms with Crippen LogP contribution >= 0.6 is 0 Å². The van der Waals surface area contributed by atoms with Crippen molar-refractivity contribution in [1.82, 2.24) is 4.57 Å². The number of rotatable bonds is 2. The minimum Gasteiger partial charge on any atom is -0.507 e. The van der Waals surface area contributed by atoms with Gasteiger partial charge in [-0.3, -0.25) is 4.79 Å². The predicted octanol–water partition coefficient (Wildman–Crippen LogP) is 4.61. The Hall–Kier alpha value is -3.08. The number of aromatic nitrogens is 1. The summed E-state index contributed by atoms with van der Waals surface area (Å²) in [6.07, 6.45) is 0.0867. The first kappa shape index (κ1) is 16.8. The van der Waals surface area contributed by atoms with Gasteiger partial charge in [0.05, 0.1) is 16.8 Å². The summed E-state index contributed by atoms with van der Waals surface area (Å²) in [6.45, 7) is 5.42. The van der Waals surface area contributed by atoms with Gasteiger partial charge in [-0.25, -0.2) is 9.36 Å². The molecule has 5 nitrogen and oxygen atoms in total. The van der Waals surface area contributed by atoms with Gasteiger partial charge in [0.25, 0.3) is 0 Å². The summed E-state index contributed by atoms with van der Waals surface area (Å²) in [6, 6.07) is 14.0. The normalized spacial score (nSPS) is 11.5. The number of hydrogen-bond acceptors (Lipinski definition) is 4. The molecule has 0 spiro atoms. The molecule has 0 saturated heterocycles. The molecule has 1 heterocycles. The summed E-state index contributed by atoms with van der Waals surface area (Å²) in [4.78, 5) is 23.9. The molecule has 0 aliphatic rings. The fourth-order valence-electron chi connectivity index (χ4n) is 2.68. The molecule has 1 aromatic heterocycles.